The van der Waals surface area contributed by atoms with Gasteiger partial charge in [0.05, 0.1) is 6.54 Å². The fraction of sp³-hybridized carbons (Fsp3) is 0.143. The van der Waals surface area contributed by atoms with Gasteiger partial charge in [0.1, 0.15) is 0 Å². The number of nitrogens with zero attached hydrogens (tertiary/aromatic N) is 1. The lowest BCUT2D eigenvalue weighted by molar-refractivity contribution is -0.116. The molecule has 0 unspecified atom stereocenters. The molecule has 0 bridgehead atoms. The van der Waals surface area contributed by atoms with Gasteiger partial charge in [-0.3, -0.25) is 4.79 Å². The van der Waals surface area contributed by atoms with Crippen molar-refractivity contribution in [2.24, 2.45) is 0 Å². The Morgan fingerprint density at radius 2 is 2.11 bits per heavy atom. The molecular formula is C7H10NO. The van der Waals surface area contributed by atoms with Crippen LogP contribution in [0.2, 0.25) is 0 Å². The fourth-order valence-electron chi connectivity index (χ4n) is 0.423. The van der Waals surface area contributed by atoms with Gasteiger partial charge in [-0.25, -0.2) is 0 Å². The van der Waals surface area contributed by atoms with Gasteiger partial charge in [-0.05, 0) is 0 Å². The second kappa shape index (κ2) is 5.09. The number of hydrogen-bond donors (Lipinski definition) is 0. The van der Waals surface area contributed by atoms with Crippen molar-refractivity contribution in [2.45, 2.75) is 0 Å². The van der Waals surface area contributed by atoms with Crippen molar-refractivity contribution in [1.29, 1.82) is 0 Å². The third-order valence-electron chi connectivity index (χ3n) is 0.772. The number of carbonyl (C=O) groups is 1. The van der Waals surface area contributed by atoms with Gasteiger partial charge in [-0.1, -0.05) is 12.2 Å². The van der Waals surface area contributed by atoms with Gasteiger partial charge in [-0.2, -0.15) is 0 Å². The van der Waals surface area contributed by atoms with E-state index in [9.17, 15) is 4.79 Å². The highest BCUT2D eigenvalue weighted by Crippen LogP contribution is 1.87. The molecule has 49 valence electrons. The van der Waals surface area contributed by atoms with Crippen molar-refractivity contribution in [3.8, 4) is 0 Å². The molecule has 0 aliphatic carbocycles. The molecule has 0 saturated carbocycles. The summed E-state index contributed by atoms with van der Waals surface area (Å²) in [7, 11) is 0. The first-order chi connectivity index (χ1) is 4.35. The smallest absolute Gasteiger partial charge is 0.210 e. The Kier molecular flexibility index (Phi) is 4.50. The molecule has 0 fully saturated rings. The van der Waals surface area contributed by atoms with Crippen molar-refractivity contribution >= 4 is 6.41 Å². The lowest BCUT2D eigenvalue weighted by Crippen LogP contribution is -2.16. The fourth-order valence-corrected chi connectivity index (χ4v) is 0.423. The zero-order valence-electron chi connectivity index (χ0n) is 5.29. The third kappa shape index (κ3) is 3.53. The van der Waals surface area contributed by atoms with E-state index in [1.165, 1.54) is 4.90 Å². The minimum absolute atomic E-state index is 0.537. The second-order valence-electron chi connectivity index (χ2n) is 1.48. The highest BCUT2D eigenvalue weighted by Gasteiger charge is 1.92. The van der Waals surface area contributed by atoms with Gasteiger partial charge in [0, 0.05) is 6.54 Å². The minimum atomic E-state index is 0.537. The zero-order chi connectivity index (χ0) is 7.11. The first-order valence-corrected chi connectivity index (χ1v) is 2.63. The van der Waals surface area contributed by atoms with Crippen LogP contribution >= 0.6 is 0 Å². The van der Waals surface area contributed by atoms with Gasteiger partial charge >= 0.3 is 0 Å². The number of amides is 1. The highest BCUT2D eigenvalue weighted by atomic mass is 16.1. The summed E-state index contributed by atoms with van der Waals surface area (Å²) in [6.07, 6.45) is 3.93. The van der Waals surface area contributed by atoms with Crippen LogP contribution in [0.5, 0.6) is 0 Å². The lowest BCUT2D eigenvalue weighted by Gasteiger charge is -2.09. The number of hydrogen-bond acceptors (Lipinski definition) is 1. The van der Waals surface area contributed by atoms with Crippen LogP contribution in [0.4, 0.5) is 0 Å². The molecule has 0 aliphatic heterocycles. The lowest BCUT2D eigenvalue weighted by atomic mass is 10.5. The highest BCUT2D eigenvalue weighted by molar-refractivity contribution is 5.49. The molecule has 0 saturated heterocycles. The summed E-state index contributed by atoms with van der Waals surface area (Å²) >= 11 is 0. The predicted molar refractivity (Wildman–Crippen MR) is 37.5 cm³/mol. The van der Waals surface area contributed by atoms with E-state index in [1.807, 2.05) is 0 Å². The second-order valence-corrected chi connectivity index (χ2v) is 1.48. The Hall–Kier alpha value is -1.05. The molecule has 9 heavy (non-hydrogen) atoms. The van der Waals surface area contributed by atoms with E-state index in [0.717, 1.165) is 6.41 Å². The monoisotopic (exact) mass is 124 g/mol. The van der Waals surface area contributed by atoms with Crippen LogP contribution < -0.4 is 0 Å². The Morgan fingerprint density at radius 3 is 2.44 bits per heavy atom. The van der Waals surface area contributed by atoms with Crippen LogP contribution in [0.3, 0.4) is 0 Å². The third-order valence-corrected chi connectivity index (χ3v) is 0.772. The van der Waals surface area contributed by atoms with Crippen LogP contribution in [0.15, 0.2) is 25.3 Å². The summed E-state index contributed by atoms with van der Waals surface area (Å²) in [6.45, 7) is 9.05. The van der Waals surface area contributed by atoms with E-state index in [0.29, 0.717) is 6.54 Å². The van der Waals surface area contributed by atoms with Crippen LogP contribution in [0.25, 0.3) is 0 Å². The SMILES string of the molecule is C=C[CH]N(C=O)CC=C. The van der Waals surface area contributed by atoms with E-state index in [2.05, 4.69) is 13.2 Å². The van der Waals surface area contributed by atoms with Gasteiger partial charge < -0.3 is 4.90 Å². The molecule has 0 aromatic heterocycles. The maximum atomic E-state index is 10.1. The summed E-state index contributed by atoms with van der Waals surface area (Å²) in [6, 6.07) is 0. The molecule has 0 aromatic rings. The van der Waals surface area contributed by atoms with Crippen LogP contribution in [-0.2, 0) is 4.79 Å². The first kappa shape index (κ1) is 7.95. The molecule has 0 atom stereocenters. The van der Waals surface area contributed by atoms with Crippen molar-refractivity contribution in [3.05, 3.63) is 31.9 Å². The van der Waals surface area contributed by atoms with Crippen LogP contribution in [-0.4, -0.2) is 17.9 Å². The number of rotatable bonds is 5. The molecule has 0 spiro atoms. The molecule has 0 rings (SSSR count). The standard InChI is InChI=1S/C7H10NO/c1-3-5-8(7-9)6-4-2/h3-5,7H,1-2,6H2. The average Bonchev–Trinajstić information content (AvgIpc) is 1.88. The van der Waals surface area contributed by atoms with E-state index >= 15 is 0 Å². The number of carbonyl (C=O) groups excluding carboxylic acids is 1. The maximum Gasteiger partial charge on any atom is 0.210 e. The van der Waals surface area contributed by atoms with Crippen molar-refractivity contribution in [2.75, 3.05) is 6.54 Å². The molecule has 0 aliphatic rings. The van der Waals surface area contributed by atoms with Gasteiger partial charge in [-0.15, -0.1) is 13.2 Å². The summed E-state index contributed by atoms with van der Waals surface area (Å²) in [5.74, 6) is 0. The molecule has 2 nitrogen and oxygen atoms in total. The van der Waals surface area contributed by atoms with Crippen LogP contribution in [0, 0.1) is 6.54 Å². The predicted octanol–water partition coefficient (Wildman–Crippen LogP) is 0.979. The van der Waals surface area contributed by atoms with E-state index < -0.39 is 0 Å². The Bertz CT molecular complexity index is 99.5. The largest absolute Gasteiger partial charge is 0.333 e. The average molecular weight is 124 g/mol. The van der Waals surface area contributed by atoms with E-state index in [4.69, 9.17) is 0 Å². The van der Waals surface area contributed by atoms with Gasteiger partial charge in [0.25, 0.3) is 0 Å². The summed E-state index contributed by atoms with van der Waals surface area (Å²) in [4.78, 5) is 11.5. The molecular weight excluding hydrogens is 114 g/mol. The van der Waals surface area contributed by atoms with Crippen LogP contribution in [0.1, 0.15) is 0 Å². The van der Waals surface area contributed by atoms with Crippen molar-refractivity contribution in [3.63, 3.8) is 0 Å². The summed E-state index contributed by atoms with van der Waals surface area (Å²) < 4.78 is 0. The minimum Gasteiger partial charge on any atom is -0.333 e. The first-order valence-electron chi connectivity index (χ1n) is 2.63. The Morgan fingerprint density at radius 1 is 1.44 bits per heavy atom. The zero-order valence-corrected chi connectivity index (χ0v) is 5.29. The van der Waals surface area contributed by atoms with Gasteiger partial charge in [0.15, 0.2) is 0 Å². The Labute approximate surface area is 55.5 Å². The van der Waals surface area contributed by atoms with E-state index in [-0.39, 0.29) is 0 Å². The summed E-state index contributed by atoms with van der Waals surface area (Å²) in [5, 5.41) is 0. The normalized spacial score (nSPS) is 8.00. The van der Waals surface area contributed by atoms with Gasteiger partial charge in [0.2, 0.25) is 6.41 Å². The molecule has 2 heteroatoms. The summed E-state index contributed by atoms with van der Waals surface area (Å²) in [5.41, 5.74) is 0. The maximum absolute atomic E-state index is 10.1. The molecule has 1 amide bonds. The molecule has 0 heterocycles. The van der Waals surface area contributed by atoms with Crippen molar-refractivity contribution in [1.82, 2.24) is 4.90 Å². The topological polar surface area (TPSA) is 20.3 Å². The quantitative estimate of drug-likeness (QED) is 0.395. The molecule has 0 aromatic carbocycles. The molecule has 0 N–H and O–H groups in total. The Balaban J connectivity index is 3.51. The molecule has 1 radical (unpaired) electrons. The van der Waals surface area contributed by atoms with Crippen molar-refractivity contribution < 1.29 is 4.79 Å². The van der Waals surface area contributed by atoms with E-state index in [1.54, 1.807) is 18.7 Å².